The summed E-state index contributed by atoms with van der Waals surface area (Å²) in [4.78, 5) is 16.7. The number of carbonyl (C=O) groups is 1. The van der Waals surface area contributed by atoms with Crippen LogP contribution in [0, 0.1) is 0 Å². The van der Waals surface area contributed by atoms with Crippen molar-refractivity contribution in [2.75, 3.05) is 33.1 Å². The second-order valence-corrected chi connectivity index (χ2v) is 7.77. The number of rotatable bonds is 8. The molecule has 1 heterocycles. The maximum Gasteiger partial charge on any atom is 0.233 e. The number of methoxy groups -OCH3 is 2. The van der Waals surface area contributed by atoms with E-state index < -0.39 is 0 Å². The number of hydrogen-bond donors (Lipinski definition) is 1. The quantitative estimate of drug-likeness (QED) is 0.764. The molecule has 1 aliphatic rings. The zero-order valence-corrected chi connectivity index (χ0v) is 16.0. The van der Waals surface area contributed by atoms with Gasteiger partial charge in [-0.1, -0.05) is 36.5 Å². The normalized spacial score (nSPS) is 14.9. The van der Waals surface area contributed by atoms with Gasteiger partial charge in [0.2, 0.25) is 5.91 Å². The Kier molecular flexibility index (Phi) is 7.78. The van der Waals surface area contributed by atoms with Crippen LogP contribution in [-0.2, 0) is 11.2 Å². The summed E-state index contributed by atoms with van der Waals surface area (Å²) in [5, 5.41) is 2.96. The number of amides is 1. The molecule has 1 amide bonds. The molecule has 0 aromatic heterocycles. The number of thioether (sulfide) groups is 2. The van der Waals surface area contributed by atoms with Crippen LogP contribution in [0.25, 0.3) is 0 Å². The predicted octanol–water partition coefficient (Wildman–Crippen LogP) is 2.98. The highest BCUT2D eigenvalue weighted by molar-refractivity contribution is 8.39. The molecule has 1 aromatic rings. The standard InChI is InChI=1S/C17H24N2O3S2/c1-4-15(24-17-19-9-10-23-17)16(20)18-8-7-12-5-6-13(21-2)14(11-12)22-3/h5-6,11,15H,4,7-10H2,1-3H3,(H,18,20). The van der Waals surface area contributed by atoms with E-state index in [0.29, 0.717) is 18.0 Å². The maximum absolute atomic E-state index is 12.3. The Labute approximate surface area is 152 Å². The van der Waals surface area contributed by atoms with E-state index in [0.717, 1.165) is 35.1 Å². The summed E-state index contributed by atoms with van der Waals surface area (Å²) in [6.07, 6.45) is 1.55. The van der Waals surface area contributed by atoms with Crippen LogP contribution in [-0.4, -0.2) is 48.6 Å². The Balaban J connectivity index is 1.82. The summed E-state index contributed by atoms with van der Waals surface area (Å²) in [5.41, 5.74) is 1.10. The molecular weight excluding hydrogens is 344 g/mol. The Hall–Kier alpha value is -1.34. The number of nitrogens with zero attached hydrogens (tertiary/aromatic N) is 1. The fourth-order valence-electron chi connectivity index (χ4n) is 2.31. The monoisotopic (exact) mass is 368 g/mol. The first-order chi connectivity index (χ1) is 11.7. The third-order valence-electron chi connectivity index (χ3n) is 3.62. The molecule has 7 heteroatoms. The van der Waals surface area contributed by atoms with E-state index in [1.54, 1.807) is 37.7 Å². The predicted molar refractivity (Wildman–Crippen MR) is 103 cm³/mol. The molecular formula is C17H24N2O3S2. The van der Waals surface area contributed by atoms with Crippen molar-refractivity contribution in [1.82, 2.24) is 5.32 Å². The van der Waals surface area contributed by atoms with Crippen LogP contribution < -0.4 is 14.8 Å². The number of ether oxygens (including phenoxy) is 2. The van der Waals surface area contributed by atoms with E-state index >= 15 is 0 Å². The van der Waals surface area contributed by atoms with E-state index in [9.17, 15) is 4.79 Å². The molecule has 0 radical (unpaired) electrons. The lowest BCUT2D eigenvalue weighted by molar-refractivity contribution is -0.120. The first-order valence-electron chi connectivity index (χ1n) is 8.00. The molecule has 24 heavy (non-hydrogen) atoms. The van der Waals surface area contributed by atoms with Crippen molar-refractivity contribution in [2.24, 2.45) is 4.99 Å². The van der Waals surface area contributed by atoms with Gasteiger partial charge >= 0.3 is 0 Å². The smallest absolute Gasteiger partial charge is 0.233 e. The molecule has 1 aliphatic heterocycles. The van der Waals surface area contributed by atoms with Gasteiger partial charge in [0.15, 0.2) is 11.5 Å². The van der Waals surface area contributed by atoms with Crippen molar-refractivity contribution in [2.45, 2.75) is 25.0 Å². The molecule has 0 bridgehead atoms. The Morgan fingerprint density at radius 2 is 2.17 bits per heavy atom. The number of hydrogen-bond acceptors (Lipinski definition) is 6. The first-order valence-corrected chi connectivity index (χ1v) is 9.87. The van der Waals surface area contributed by atoms with Gasteiger partial charge in [-0.15, -0.1) is 0 Å². The number of aliphatic imine (C=N–C) groups is 1. The zero-order valence-electron chi connectivity index (χ0n) is 14.3. The second kappa shape index (κ2) is 9.84. The van der Waals surface area contributed by atoms with Crippen molar-refractivity contribution in [3.05, 3.63) is 23.8 Å². The lowest BCUT2D eigenvalue weighted by Crippen LogP contribution is -2.34. The van der Waals surface area contributed by atoms with Gasteiger partial charge in [0.25, 0.3) is 0 Å². The van der Waals surface area contributed by atoms with E-state index in [2.05, 4.69) is 10.3 Å². The third-order valence-corrected chi connectivity index (χ3v) is 6.19. The molecule has 1 aromatic carbocycles. The van der Waals surface area contributed by atoms with Crippen molar-refractivity contribution in [3.63, 3.8) is 0 Å². The van der Waals surface area contributed by atoms with Gasteiger partial charge in [0.05, 0.1) is 26.0 Å². The topological polar surface area (TPSA) is 59.9 Å². The average Bonchev–Trinajstić information content (AvgIpc) is 3.12. The van der Waals surface area contributed by atoms with Gasteiger partial charge in [-0.25, -0.2) is 0 Å². The summed E-state index contributed by atoms with van der Waals surface area (Å²) in [7, 11) is 3.24. The maximum atomic E-state index is 12.3. The Morgan fingerprint density at radius 3 is 2.79 bits per heavy atom. The molecule has 1 atom stereocenters. The molecule has 132 valence electrons. The van der Waals surface area contributed by atoms with E-state index in [4.69, 9.17) is 9.47 Å². The van der Waals surface area contributed by atoms with Gasteiger partial charge < -0.3 is 14.8 Å². The van der Waals surface area contributed by atoms with Crippen molar-refractivity contribution in [3.8, 4) is 11.5 Å². The van der Waals surface area contributed by atoms with Gasteiger partial charge in [-0.2, -0.15) is 0 Å². The molecule has 2 rings (SSSR count). The highest BCUT2D eigenvalue weighted by Crippen LogP contribution is 2.28. The average molecular weight is 369 g/mol. The molecule has 0 saturated heterocycles. The van der Waals surface area contributed by atoms with E-state index in [1.807, 2.05) is 25.1 Å². The van der Waals surface area contributed by atoms with Crippen LogP contribution in [0.4, 0.5) is 0 Å². The molecule has 0 aliphatic carbocycles. The SMILES string of the molecule is CCC(SC1=NCCS1)C(=O)NCCc1ccc(OC)c(OC)c1. The first kappa shape index (κ1) is 19.0. The molecule has 5 nitrogen and oxygen atoms in total. The third kappa shape index (κ3) is 5.34. The summed E-state index contributed by atoms with van der Waals surface area (Å²) in [5.74, 6) is 2.53. The minimum Gasteiger partial charge on any atom is -0.493 e. The fraction of sp³-hybridized carbons (Fsp3) is 0.529. The second-order valence-electron chi connectivity index (χ2n) is 5.24. The largest absolute Gasteiger partial charge is 0.493 e. The van der Waals surface area contributed by atoms with Crippen LogP contribution in [0.15, 0.2) is 23.2 Å². The van der Waals surface area contributed by atoms with Crippen LogP contribution in [0.5, 0.6) is 11.5 Å². The van der Waals surface area contributed by atoms with Crippen LogP contribution in [0.3, 0.4) is 0 Å². The van der Waals surface area contributed by atoms with Crippen LogP contribution >= 0.6 is 23.5 Å². The summed E-state index contributed by atoms with van der Waals surface area (Å²) in [6, 6.07) is 5.82. The highest BCUT2D eigenvalue weighted by atomic mass is 32.2. The van der Waals surface area contributed by atoms with Gasteiger partial charge in [-0.05, 0) is 30.5 Å². The number of nitrogens with one attached hydrogen (secondary N) is 1. The van der Waals surface area contributed by atoms with E-state index in [-0.39, 0.29) is 11.2 Å². The van der Waals surface area contributed by atoms with E-state index in [1.165, 1.54) is 0 Å². The number of carbonyl (C=O) groups excluding carboxylic acids is 1. The molecule has 0 spiro atoms. The Bertz CT molecular complexity index is 593. The van der Waals surface area contributed by atoms with Crippen LogP contribution in [0.2, 0.25) is 0 Å². The van der Waals surface area contributed by atoms with Gasteiger partial charge in [0.1, 0.15) is 4.38 Å². The van der Waals surface area contributed by atoms with Gasteiger partial charge in [-0.3, -0.25) is 9.79 Å². The molecule has 0 fully saturated rings. The zero-order chi connectivity index (χ0) is 17.4. The fourth-order valence-corrected chi connectivity index (χ4v) is 4.49. The lowest BCUT2D eigenvalue weighted by atomic mass is 10.1. The lowest BCUT2D eigenvalue weighted by Gasteiger charge is -2.14. The molecule has 1 unspecified atom stereocenters. The summed E-state index contributed by atoms with van der Waals surface area (Å²) in [6.45, 7) is 3.50. The van der Waals surface area contributed by atoms with Crippen molar-refractivity contribution in [1.29, 1.82) is 0 Å². The molecule has 0 saturated carbocycles. The Morgan fingerprint density at radius 1 is 1.38 bits per heavy atom. The van der Waals surface area contributed by atoms with Crippen molar-refractivity contribution < 1.29 is 14.3 Å². The highest BCUT2D eigenvalue weighted by Gasteiger charge is 2.21. The minimum atomic E-state index is -0.0697. The molecule has 1 N–H and O–H groups in total. The minimum absolute atomic E-state index is 0.0697. The summed E-state index contributed by atoms with van der Waals surface area (Å²) < 4.78 is 11.6. The van der Waals surface area contributed by atoms with Crippen molar-refractivity contribution >= 4 is 33.8 Å². The summed E-state index contributed by atoms with van der Waals surface area (Å²) >= 11 is 3.32. The number of benzene rings is 1. The van der Waals surface area contributed by atoms with Crippen LogP contribution in [0.1, 0.15) is 18.9 Å². The van der Waals surface area contributed by atoms with Gasteiger partial charge in [0, 0.05) is 12.3 Å².